The summed E-state index contributed by atoms with van der Waals surface area (Å²) in [6.07, 6.45) is -0.0427. The summed E-state index contributed by atoms with van der Waals surface area (Å²) in [6, 6.07) is 0.0146. The molecule has 0 unspecified atom stereocenters. The molecule has 1 aliphatic rings. The number of carbonyl (C=O) groups is 1. The Bertz CT molecular complexity index is 262. The minimum atomic E-state index is -0.520. The number of carbonyl (C=O) groups excluding carboxylic acids is 1. The Morgan fingerprint density at radius 3 is 2.56 bits per heavy atom. The molecule has 1 N–H and O–H groups in total. The number of esters is 1. The monoisotopic (exact) mass is 259 g/mol. The maximum atomic E-state index is 11.3. The third-order valence-electron chi connectivity index (χ3n) is 3.53. The first-order valence-corrected chi connectivity index (χ1v) is 6.43. The molecule has 4 atom stereocenters. The zero-order chi connectivity index (χ0) is 13.9. The SMILES string of the molecule is COC(=O)C[C@@H]1C[C@H](N(C)C)[C@@H](O)[C@H](C(C)C)O1. The van der Waals surface area contributed by atoms with Crippen molar-refractivity contribution in [1.82, 2.24) is 4.90 Å². The Hall–Kier alpha value is -0.650. The lowest BCUT2D eigenvalue weighted by molar-refractivity contribution is -0.173. The van der Waals surface area contributed by atoms with Gasteiger partial charge < -0.3 is 19.5 Å². The molecule has 0 amide bonds. The van der Waals surface area contributed by atoms with E-state index in [1.807, 2.05) is 32.8 Å². The van der Waals surface area contributed by atoms with Crippen molar-refractivity contribution in [2.45, 2.75) is 51.0 Å². The lowest BCUT2D eigenvalue weighted by Gasteiger charge is -2.43. The fourth-order valence-electron chi connectivity index (χ4n) is 2.45. The molecule has 0 saturated carbocycles. The van der Waals surface area contributed by atoms with Gasteiger partial charge in [0.1, 0.15) is 0 Å². The molecule has 1 fully saturated rings. The number of hydrogen-bond donors (Lipinski definition) is 1. The summed E-state index contributed by atoms with van der Waals surface area (Å²) < 4.78 is 10.5. The molecule has 0 bridgehead atoms. The van der Waals surface area contributed by atoms with E-state index in [4.69, 9.17) is 4.74 Å². The Kier molecular flexibility index (Phi) is 5.56. The highest BCUT2D eigenvalue weighted by Gasteiger charge is 2.40. The number of ether oxygens (including phenoxy) is 2. The molecule has 1 rings (SSSR count). The normalized spacial score (nSPS) is 32.9. The van der Waals surface area contributed by atoms with Crippen molar-refractivity contribution in [2.24, 2.45) is 5.92 Å². The van der Waals surface area contributed by atoms with E-state index in [9.17, 15) is 9.90 Å². The van der Waals surface area contributed by atoms with Crippen LogP contribution >= 0.6 is 0 Å². The fraction of sp³-hybridized carbons (Fsp3) is 0.923. The molecule has 0 radical (unpaired) electrons. The Labute approximate surface area is 109 Å². The molecule has 1 heterocycles. The van der Waals surface area contributed by atoms with Crippen molar-refractivity contribution in [3.63, 3.8) is 0 Å². The third kappa shape index (κ3) is 3.67. The van der Waals surface area contributed by atoms with Crippen molar-refractivity contribution in [3.05, 3.63) is 0 Å². The standard InChI is InChI=1S/C13H25NO4/c1-8(2)13-12(16)10(14(3)4)6-9(18-13)7-11(15)17-5/h8-10,12-13,16H,6-7H2,1-5H3/t9-,10-,12+,13-/m0/s1. The molecule has 0 aromatic rings. The lowest BCUT2D eigenvalue weighted by Crippen LogP contribution is -2.55. The van der Waals surface area contributed by atoms with Crippen LogP contribution < -0.4 is 0 Å². The van der Waals surface area contributed by atoms with Gasteiger partial charge in [0.2, 0.25) is 0 Å². The van der Waals surface area contributed by atoms with Gasteiger partial charge in [0.05, 0.1) is 31.8 Å². The van der Waals surface area contributed by atoms with E-state index in [-0.39, 0.29) is 36.6 Å². The van der Waals surface area contributed by atoms with E-state index in [1.54, 1.807) is 0 Å². The van der Waals surface area contributed by atoms with Crippen LogP contribution in [-0.2, 0) is 14.3 Å². The van der Waals surface area contributed by atoms with Crippen LogP contribution in [0.2, 0.25) is 0 Å². The predicted octanol–water partition coefficient (Wildman–Crippen LogP) is 0.654. The molecule has 0 aromatic carbocycles. The fourth-order valence-corrected chi connectivity index (χ4v) is 2.45. The van der Waals surface area contributed by atoms with Gasteiger partial charge in [0.15, 0.2) is 0 Å². The second-order valence-corrected chi connectivity index (χ2v) is 5.50. The first-order chi connectivity index (χ1) is 8.36. The maximum Gasteiger partial charge on any atom is 0.308 e. The van der Waals surface area contributed by atoms with Gasteiger partial charge in [0.25, 0.3) is 0 Å². The van der Waals surface area contributed by atoms with Crippen LogP contribution in [0.4, 0.5) is 0 Å². The van der Waals surface area contributed by atoms with E-state index in [1.165, 1.54) is 7.11 Å². The molecule has 0 spiro atoms. The van der Waals surface area contributed by atoms with Gasteiger partial charge in [-0.15, -0.1) is 0 Å². The minimum absolute atomic E-state index is 0.0146. The number of methoxy groups -OCH3 is 1. The minimum Gasteiger partial charge on any atom is -0.469 e. The van der Waals surface area contributed by atoms with E-state index >= 15 is 0 Å². The van der Waals surface area contributed by atoms with Gasteiger partial charge >= 0.3 is 5.97 Å². The maximum absolute atomic E-state index is 11.3. The van der Waals surface area contributed by atoms with Crippen LogP contribution in [0.5, 0.6) is 0 Å². The van der Waals surface area contributed by atoms with Crippen LogP contribution in [-0.4, -0.2) is 61.5 Å². The van der Waals surface area contributed by atoms with Gasteiger partial charge in [-0.2, -0.15) is 0 Å². The Morgan fingerprint density at radius 2 is 2.11 bits per heavy atom. The second kappa shape index (κ2) is 6.50. The van der Waals surface area contributed by atoms with Crippen molar-refractivity contribution in [3.8, 4) is 0 Å². The van der Waals surface area contributed by atoms with E-state index in [2.05, 4.69) is 4.74 Å². The smallest absolute Gasteiger partial charge is 0.308 e. The number of aliphatic hydroxyl groups excluding tert-OH is 1. The van der Waals surface area contributed by atoms with E-state index in [0.717, 1.165) is 0 Å². The zero-order valence-corrected chi connectivity index (χ0v) is 11.9. The van der Waals surface area contributed by atoms with Crippen LogP contribution in [0.1, 0.15) is 26.7 Å². The summed E-state index contributed by atoms with van der Waals surface area (Å²) in [5.74, 6) is -0.0562. The summed E-state index contributed by atoms with van der Waals surface area (Å²) >= 11 is 0. The van der Waals surface area contributed by atoms with Crippen molar-refractivity contribution in [1.29, 1.82) is 0 Å². The van der Waals surface area contributed by atoms with E-state index in [0.29, 0.717) is 6.42 Å². The quantitative estimate of drug-likeness (QED) is 0.751. The molecule has 5 heteroatoms. The van der Waals surface area contributed by atoms with E-state index < -0.39 is 6.10 Å². The second-order valence-electron chi connectivity index (χ2n) is 5.50. The van der Waals surface area contributed by atoms with Gasteiger partial charge in [-0.25, -0.2) is 0 Å². The van der Waals surface area contributed by atoms with Crippen LogP contribution in [0.25, 0.3) is 0 Å². The summed E-state index contributed by atoms with van der Waals surface area (Å²) in [6.45, 7) is 4.03. The zero-order valence-electron chi connectivity index (χ0n) is 11.9. The molecule has 0 aromatic heterocycles. The molecule has 1 saturated heterocycles. The molecule has 0 aliphatic carbocycles. The highest BCUT2D eigenvalue weighted by molar-refractivity contribution is 5.69. The summed E-state index contributed by atoms with van der Waals surface area (Å²) in [4.78, 5) is 13.3. The molecule has 18 heavy (non-hydrogen) atoms. The van der Waals surface area contributed by atoms with Gasteiger partial charge in [-0.05, 0) is 26.4 Å². The predicted molar refractivity (Wildman–Crippen MR) is 68.2 cm³/mol. The van der Waals surface area contributed by atoms with Gasteiger partial charge in [-0.1, -0.05) is 13.8 Å². The van der Waals surface area contributed by atoms with Crippen molar-refractivity contribution >= 4 is 5.97 Å². The molecule has 5 nitrogen and oxygen atoms in total. The van der Waals surface area contributed by atoms with Crippen molar-refractivity contribution in [2.75, 3.05) is 21.2 Å². The van der Waals surface area contributed by atoms with Gasteiger partial charge in [-0.3, -0.25) is 4.79 Å². The van der Waals surface area contributed by atoms with Crippen LogP contribution in [0.15, 0.2) is 0 Å². The number of hydrogen-bond acceptors (Lipinski definition) is 5. The first kappa shape index (κ1) is 15.4. The Balaban J connectivity index is 2.75. The number of likely N-dealkylation sites (N-methyl/N-ethyl adjacent to an activating group) is 1. The highest BCUT2D eigenvalue weighted by atomic mass is 16.5. The third-order valence-corrected chi connectivity index (χ3v) is 3.53. The first-order valence-electron chi connectivity index (χ1n) is 6.43. The molecular formula is C13H25NO4. The van der Waals surface area contributed by atoms with Gasteiger partial charge in [0, 0.05) is 6.04 Å². The van der Waals surface area contributed by atoms with Crippen LogP contribution in [0.3, 0.4) is 0 Å². The van der Waals surface area contributed by atoms with Crippen molar-refractivity contribution < 1.29 is 19.4 Å². The topological polar surface area (TPSA) is 59.0 Å². The number of rotatable bonds is 4. The summed E-state index contributed by atoms with van der Waals surface area (Å²) in [5.41, 5.74) is 0. The average molecular weight is 259 g/mol. The average Bonchev–Trinajstić information content (AvgIpc) is 2.30. The summed E-state index contributed by atoms with van der Waals surface area (Å²) in [5, 5.41) is 10.3. The Morgan fingerprint density at radius 1 is 1.50 bits per heavy atom. The highest BCUT2D eigenvalue weighted by Crippen LogP contribution is 2.29. The largest absolute Gasteiger partial charge is 0.469 e. The molecule has 106 valence electrons. The molecular weight excluding hydrogens is 234 g/mol. The number of aliphatic hydroxyl groups is 1. The lowest BCUT2D eigenvalue weighted by atomic mass is 9.88. The summed E-state index contributed by atoms with van der Waals surface area (Å²) in [7, 11) is 5.25. The number of nitrogens with zero attached hydrogens (tertiary/aromatic N) is 1. The van der Waals surface area contributed by atoms with Crippen LogP contribution in [0, 0.1) is 5.92 Å². The molecule has 1 aliphatic heterocycles.